The third kappa shape index (κ3) is 3.08. The van der Waals surface area contributed by atoms with Crippen LogP contribution in [-0.2, 0) is 7.05 Å². The van der Waals surface area contributed by atoms with Gasteiger partial charge in [0.25, 0.3) is 11.5 Å². The Balaban J connectivity index is 2.19. The smallest absolute Gasteiger partial charge is 0.267 e. The van der Waals surface area contributed by atoms with Crippen molar-refractivity contribution in [3.8, 4) is 5.75 Å². The van der Waals surface area contributed by atoms with E-state index < -0.39 is 11.5 Å². The normalized spacial score (nSPS) is 10.9. The molecule has 3 rings (SSSR count). The van der Waals surface area contributed by atoms with Gasteiger partial charge in [0, 0.05) is 30.1 Å². The molecule has 134 valence electrons. The molecule has 0 saturated carbocycles. The molecule has 2 aromatic carbocycles. The van der Waals surface area contributed by atoms with Crippen molar-refractivity contribution in [2.45, 2.75) is 11.8 Å². The number of carbonyl (C=O) groups is 1. The van der Waals surface area contributed by atoms with Crippen LogP contribution in [0.2, 0.25) is 0 Å². The number of hydrogen-bond donors (Lipinski definition) is 1. The number of aromatic hydroxyl groups is 1. The maximum Gasteiger partial charge on any atom is 0.267 e. The number of carbonyl (C=O) groups excluding carboxylic acids is 1. The Labute approximate surface area is 155 Å². The zero-order valence-electron chi connectivity index (χ0n) is 14.9. The number of benzene rings is 2. The summed E-state index contributed by atoms with van der Waals surface area (Å²) in [5.74, 6) is 0.0831. The van der Waals surface area contributed by atoms with E-state index >= 15 is 0 Å². The second kappa shape index (κ2) is 7.25. The summed E-state index contributed by atoms with van der Waals surface area (Å²) in [6, 6.07) is 14.5. The van der Waals surface area contributed by atoms with Crippen LogP contribution < -0.4 is 10.5 Å². The number of fused-ring (bicyclic) bond motifs is 1. The average molecular weight is 368 g/mol. The summed E-state index contributed by atoms with van der Waals surface area (Å²) in [6.07, 6.45) is 0. The molecule has 1 heterocycles. The largest absolute Gasteiger partial charge is 0.506 e. The Kier molecular flexibility index (Phi) is 5.04. The quantitative estimate of drug-likeness (QED) is 0.714. The van der Waals surface area contributed by atoms with Crippen molar-refractivity contribution in [2.75, 3.05) is 17.7 Å². The molecular formula is C20H20N2O3S. The molecule has 1 aromatic heterocycles. The van der Waals surface area contributed by atoms with Gasteiger partial charge < -0.3 is 14.6 Å². The number of para-hydroxylation sites is 1. The van der Waals surface area contributed by atoms with Crippen LogP contribution in [0.5, 0.6) is 5.75 Å². The topological polar surface area (TPSA) is 62.5 Å². The van der Waals surface area contributed by atoms with Gasteiger partial charge >= 0.3 is 0 Å². The van der Waals surface area contributed by atoms with E-state index in [-0.39, 0.29) is 11.3 Å². The van der Waals surface area contributed by atoms with Crippen molar-refractivity contribution in [3.63, 3.8) is 0 Å². The van der Waals surface area contributed by atoms with Crippen LogP contribution in [0.4, 0.5) is 5.69 Å². The van der Waals surface area contributed by atoms with Crippen LogP contribution in [0, 0.1) is 0 Å². The van der Waals surface area contributed by atoms with Gasteiger partial charge in [-0.05, 0) is 36.1 Å². The first-order valence-corrected chi connectivity index (χ1v) is 9.25. The second-order valence-electron chi connectivity index (χ2n) is 5.90. The lowest BCUT2D eigenvalue weighted by Gasteiger charge is -2.19. The van der Waals surface area contributed by atoms with E-state index in [9.17, 15) is 14.7 Å². The number of pyridine rings is 1. The SMILES string of the molecule is CCSc1ccc2c(c1)c(O)c(C(=O)N(C)c1ccccc1)c(=O)n2C. The summed E-state index contributed by atoms with van der Waals surface area (Å²) in [6.45, 7) is 2.04. The summed E-state index contributed by atoms with van der Waals surface area (Å²) >= 11 is 1.63. The molecule has 0 fully saturated rings. The maximum atomic E-state index is 12.9. The highest BCUT2D eigenvalue weighted by Crippen LogP contribution is 2.31. The number of rotatable bonds is 4. The summed E-state index contributed by atoms with van der Waals surface area (Å²) < 4.78 is 1.40. The van der Waals surface area contributed by atoms with E-state index in [1.807, 2.05) is 37.3 Å². The number of aromatic nitrogens is 1. The molecule has 1 amide bonds. The molecule has 0 saturated heterocycles. The Morgan fingerprint density at radius 1 is 1.19 bits per heavy atom. The van der Waals surface area contributed by atoms with Gasteiger partial charge in [-0.15, -0.1) is 11.8 Å². The standard InChI is InChI=1S/C20H20N2O3S/c1-4-26-14-10-11-16-15(12-14)18(23)17(20(25)22(16)3)19(24)21(2)13-8-6-5-7-9-13/h5-12,23H,4H2,1-3H3. The summed E-state index contributed by atoms with van der Waals surface area (Å²) in [4.78, 5) is 28.0. The van der Waals surface area contributed by atoms with E-state index in [4.69, 9.17) is 0 Å². The molecule has 1 N–H and O–H groups in total. The maximum absolute atomic E-state index is 12.9. The van der Waals surface area contributed by atoms with Crippen LogP contribution in [0.1, 0.15) is 17.3 Å². The van der Waals surface area contributed by atoms with Gasteiger partial charge in [-0.25, -0.2) is 0 Å². The molecule has 5 nitrogen and oxygen atoms in total. The zero-order chi connectivity index (χ0) is 18.8. The van der Waals surface area contributed by atoms with E-state index in [1.54, 1.807) is 44.1 Å². The Morgan fingerprint density at radius 3 is 2.54 bits per heavy atom. The highest BCUT2D eigenvalue weighted by atomic mass is 32.2. The van der Waals surface area contributed by atoms with Crippen molar-refractivity contribution in [2.24, 2.45) is 7.05 Å². The molecule has 0 bridgehead atoms. The minimum absolute atomic E-state index is 0.218. The Bertz CT molecular complexity index is 1030. The molecule has 0 aliphatic rings. The molecular weight excluding hydrogens is 348 g/mol. The van der Waals surface area contributed by atoms with Crippen LogP contribution >= 0.6 is 11.8 Å². The lowest BCUT2D eigenvalue weighted by Crippen LogP contribution is -2.34. The number of amides is 1. The number of nitrogens with zero attached hydrogens (tertiary/aromatic N) is 2. The van der Waals surface area contributed by atoms with Gasteiger partial charge in [0.1, 0.15) is 11.3 Å². The van der Waals surface area contributed by atoms with Crippen molar-refractivity contribution in [3.05, 3.63) is 64.4 Å². The highest BCUT2D eigenvalue weighted by molar-refractivity contribution is 7.99. The van der Waals surface area contributed by atoms with Crippen molar-refractivity contribution >= 4 is 34.3 Å². The number of anilines is 1. The van der Waals surface area contributed by atoms with Crippen molar-refractivity contribution in [1.29, 1.82) is 0 Å². The fourth-order valence-corrected chi connectivity index (χ4v) is 3.59. The number of aryl methyl sites for hydroxylation is 1. The molecule has 0 aliphatic carbocycles. The molecule has 0 atom stereocenters. The first-order chi connectivity index (χ1) is 12.5. The minimum Gasteiger partial charge on any atom is -0.506 e. The predicted molar refractivity (Wildman–Crippen MR) is 106 cm³/mol. The molecule has 0 spiro atoms. The monoisotopic (exact) mass is 368 g/mol. The second-order valence-corrected chi connectivity index (χ2v) is 7.24. The summed E-state index contributed by atoms with van der Waals surface area (Å²) in [7, 11) is 3.19. The number of thioether (sulfide) groups is 1. The van der Waals surface area contributed by atoms with Crippen LogP contribution in [-0.4, -0.2) is 28.4 Å². The summed E-state index contributed by atoms with van der Waals surface area (Å²) in [5, 5.41) is 11.2. The van der Waals surface area contributed by atoms with Gasteiger partial charge in [0.05, 0.1) is 5.52 Å². The third-order valence-corrected chi connectivity index (χ3v) is 5.19. The lowest BCUT2D eigenvalue weighted by molar-refractivity contribution is 0.0988. The van der Waals surface area contributed by atoms with Gasteiger partial charge in [0.15, 0.2) is 0 Å². The van der Waals surface area contributed by atoms with Crippen LogP contribution in [0.15, 0.2) is 58.2 Å². The average Bonchev–Trinajstić information content (AvgIpc) is 2.66. The molecule has 0 unspecified atom stereocenters. The molecule has 0 aliphatic heterocycles. The lowest BCUT2D eigenvalue weighted by atomic mass is 10.1. The van der Waals surface area contributed by atoms with E-state index in [1.165, 1.54) is 9.47 Å². The molecule has 26 heavy (non-hydrogen) atoms. The van der Waals surface area contributed by atoms with Crippen LogP contribution in [0.3, 0.4) is 0 Å². The third-order valence-electron chi connectivity index (χ3n) is 4.31. The predicted octanol–water partition coefficient (Wildman–Crippen LogP) is 3.63. The minimum atomic E-state index is -0.537. The Morgan fingerprint density at radius 2 is 1.88 bits per heavy atom. The summed E-state index contributed by atoms with van der Waals surface area (Å²) in [5.41, 5.74) is 0.505. The van der Waals surface area contributed by atoms with Gasteiger partial charge in [-0.2, -0.15) is 0 Å². The van der Waals surface area contributed by atoms with Crippen LogP contribution in [0.25, 0.3) is 10.9 Å². The van der Waals surface area contributed by atoms with Gasteiger partial charge in [-0.3, -0.25) is 9.59 Å². The van der Waals surface area contributed by atoms with Crippen molar-refractivity contribution < 1.29 is 9.90 Å². The zero-order valence-corrected chi connectivity index (χ0v) is 15.7. The molecule has 3 aromatic rings. The molecule has 0 radical (unpaired) electrons. The van der Waals surface area contributed by atoms with Gasteiger partial charge in [-0.1, -0.05) is 25.1 Å². The number of hydrogen-bond acceptors (Lipinski definition) is 4. The first-order valence-electron chi connectivity index (χ1n) is 8.27. The fourth-order valence-electron chi connectivity index (χ4n) is 2.90. The van der Waals surface area contributed by atoms with E-state index in [2.05, 4.69) is 0 Å². The van der Waals surface area contributed by atoms with Gasteiger partial charge in [0.2, 0.25) is 0 Å². The highest BCUT2D eigenvalue weighted by Gasteiger charge is 2.24. The van der Waals surface area contributed by atoms with E-state index in [0.29, 0.717) is 16.6 Å². The molecule has 6 heteroatoms. The first kappa shape index (κ1) is 18.1. The van der Waals surface area contributed by atoms with Crippen molar-refractivity contribution in [1.82, 2.24) is 4.57 Å². The Hall–Kier alpha value is -2.73. The van der Waals surface area contributed by atoms with E-state index in [0.717, 1.165) is 10.6 Å². The fraction of sp³-hybridized carbons (Fsp3) is 0.200.